The lowest BCUT2D eigenvalue weighted by molar-refractivity contribution is 0.0785. The molecule has 0 fully saturated rings. The number of hydrogen-bond acceptors (Lipinski definition) is 6. The average Bonchev–Trinajstić information content (AvgIpc) is 3.32. The van der Waals surface area contributed by atoms with E-state index < -0.39 is 0 Å². The van der Waals surface area contributed by atoms with Crippen LogP contribution in [0.2, 0.25) is 0 Å². The van der Waals surface area contributed by atoms with Crippen molar-refractivity contribution in [3.63, 3.8) is 0 Å². The van der Waals surface area contributed by atoms with Crippen molar-refractivity contribution in [1.82, 2.24) is 40.3 Å². The molecule has 3 heterocycles. The first-order chi connectivity index (χ1) is 12.2. The van der Waals surface area contributed by atoms with Crippen LogP contribution in [0.5, 0.6) is 0 Å². The molecule has 0 radical (unpaired) electrons. The summed E-state index contributed by atoms with van der Waals surface area (Å²) in [4.78, 5) is 18.6. The third kappa shape index (κ3) is 2.71. The van der Waals surface area contributed by atoms with E-state index in [-0.39, 0.29) is 5.91 Å². The highest BCUT2D eigenvalue weighted by Gasteiger charge is 2.20. The van der Waals surface area contributed by atoms with E-state index in [9.17, 15) is 4.79 Å². The Morgan fingerprint density at radius 3 is 3.04 bits per heavy atom. The SMILES string of the molecule is CN(Cc1cccc2cnccc12)C(=O)c1cn[nH]c1-n1cnnn1. The molecular formula is C16H14N8O. The molecule has 9 nitrogen and oxygen atoms in total. The zero-order valence-corrected chi connectivity index (χ0v) is 13.4. The Kier molecular flexibility index (Phi) is 3.65. The van der Waals surface area contributed by atoms with Gasteiger partial charge in [0.15, 0.2) is 5.82 Å². The van der Waals surface area contributed by atoms with Gasteiger partial charge in [-0.1, -0.05) is 18.2 Å². The number of tetrazole rings is 1. The maximum absolute atomic E-state index is 12.8. The molecule has 0 unspecified atom stereocenters. The number of aromatic amines is 1. The molecule has 0 atom stereocenters. The molecule has 0 saturated carbocycles. The van der Waals surface area contributed by atoms with Crippen LogP contribution >= 0.6 is 0 Å². The Bertz CT molecular complexity index is 1020. The summed E-state index contributed by atoms with van der Waals surface area (Å²) in [6.45, 7) is 0.459. The van der Waals surface area contributed by atoms with E-state index >= 15 is 0 Å². The van der Waals surface area contributed by atoms with Gasteiger partial charge in [-0.15, -0.1) is 5.10 Å². The summed E-state index contributed by atoms with van der Waals surface area (Å²) in [6, 6.07) is 7.92. The van der Waals surface area contributed by atoms with E-state index in [0.29, 0.717) is 17.9 Å². The summed E-state index contributed by atoms with van der Waals surface area (Å²) in [5.41, 5.74) is 1.44. The first kappa shape index (κ1) is 14.9. The van der Waals surface area contributed by atoms with Gasteiger partial charge < -0.3 is 4.90 Å². The lowest BCUT2D eigenvalue weighted by Crippen LogP contribution is -2.27. The molecule has 0 aliphatic carbocycles. The summed E-state index contributed by atoms with van der Waals surface area (Å²) in [5, 5.41) is 19.8. The topological polar surface area (TPSA) is 105 Å². The third-order valence-corrected chi connectivity index (χ3v) is 3.95. The maximum atomic E-state index is 12.8. The van der Waals surface area contributed by atoms with Crippen molar-refractivity contribution in [2.24, 2.45) is 0 Å². The first-order valence-corrected chi connectivity index (χ1v) is 7.58. The van der Waals surface area contributed by atoms with Crippen LogP contribution in [-0.4, -0.2) is 53.2 Å². The molecule has 124 valence electrons. The van der Waals surface area contributed by atoms with Gasteiger partial charge >= 0.3 is 0 Å². The van der Waals surface area contributed by atoms with Gasteiger partial charge in [-0.3, -0.25) is 14.9 Å². The monoisotopic (exact) mass is 334 g/mol. The minimum Gasteiger partial charge on any atom is -0.337 e. The second kappa shape index (κ2) is 6.11. The van der Waals surface area contributed by atoms with Crippen molar-refractivity contribution in [2.75, 3.05) is 7.05 Å². The van der Waals surface area contributed by atoms with Crippen molar-refractivity contribution in [1.29, 1.82) is 0 Å². The maximum Gasteiger partial charge on any atom is 0.259 e. The highest BCUT2D eigenvalue weighted by molar-refractivity contribution is 5.97. The molecule has 3 aromatic heterocycles. The highest BCUT2D eigenvalue weighted by atomic mass is 16.2. The number of nitrogens with one attached hydrogen (secondary N) is 1. The van der Waals surface area contributed by atoms with Gasteiger partial charge in [0.2, 0.25) is 0 Å². The van der Waals surface area contributed by atoms with E-state index in [1.807, 2.05) is 30.5 Å². The number of H-pyrrole nitrogens is 1. The molecule has 1 amide bonds. The van der Waals surface area contributed by atoms with Crippen LogP contribution in [0.4, 0.5) is 0 Å². The fourth-order valence-electron chi connectivity index (χ4n) is 2.73. The van der Waals surface area contributed by atoms with E-state index in [2.05, 4.69) is 30.7 Å². The number of benzene rings is 1. The van der Waals surface area contributed by atoms with E-state index in [1.54, 1.807) is 18.1 Å². The van der Waals surface area contributed by atoms with Crippen molar-refractivity contribution in [2.45, 2.75) is 6.54 Å². The number of amides is 1. The number of aromatic nitrogens is 7. The predicted molar refractivity (Wildman–Crippen MR) is 88.8 cm³/mol. The Morgan fingerprint density at radius 2 is 2.20 bits per heavy atom. The molecule has 0 bridgehead atoms. The van der Waals surface area contributed by atoms with Gasteiger partial charge in [0.1, 0.15) is 11.9 Å². The minimum atomic E-state index is -0.176. The summed E-state index contributed by atoms with van der Waals surface area (Å²) in [6.07, 6.45) is 6.44. The summed E-state index contributed by atoms with van der Waals surface area (Å²) < 4.78 is 1.37. The van der Waals surface area contributed by atoms with Crippen LogP contribution < -0.4 is 0 Å². The van der Waals surface area contributed by atoms with Gasteiger partial charge in [-0.05, 0) is 27.4 Å². The average molecular weight is 334 g/mol. The number of hydrogen-bond donors (Lipinski definition) is 1. The summed E-state index contributed by atoms with van der Waals surface area (Å²) >= 11 is 0. The van der Waals surface area contributed by atoms with Crippen LogP contribution in [0.15, 0.2) is 49.2 Å². The van der Waals surface area contributed by atoms with Gasteiger partial charge in [0.25, 0.3) is 5.91 Å². The van der Waals surface area contributed by atoms with Crippen molar-refractivity contribution >= 4 is 16.7 Å². The predicted octanol–water partition coefficient (Wildman–Crippen LogP) is 1.21. The Balaban J connectivity index is 1.62. The van der Waals surface area contributed by atoms with Crippen molar-refractivity contribution < 1.29 is 4.79 Å². The highest BCUT2D eigenvalue weighted by Crippen LogP contribution is 2.20. The normalized spacial score (nSPS) is 10.9. The fraction of sp³-hybridized carbons (Fsp3) is 0.125. The molecule has 1 aromatic carbocycles. The van der Waals surface area contributed by atoms with Crippen LogP contribution in [0.3, 0.4) is 0 Å². The molecule has 0 spiro atoms. The number of fused-ring (bicyclic) bond motifs is 1. The van der Waals surface area contributed by atoms with Crippen LogP contribution in [0.25, 0.3) is 16.6 Å². The van der Waals surface area contributed by atoms with Gasteiger partial charge in [0, 0.05) is 31.4 Å². The van der Waals surface area contributed by atoms with Gasteiger partial charge in [-0.2, -0.15) is 9.78 Å². The molecule has 4 rings (SSSR count). The number of nitrogens with zero attached hydrogens (tertiary/aromatic N) is 7. The lowest BCUT2D eigenvalue weighted by Gasteiger charge is -2.18. The van der Waals surface area contributed by atoms with Crippen LogP contribution in [0, 0.1) is 0 Å². The molecular weight excluding hydrogens is 320 g/mol. The van der Waals surface area contributed by atoms with Crippen molar-refractivity contribution in [3.8, 4) is 5.82 Å². The lowest BCUT2D eigenvalue weighted by atomic mass is 10.1. The Morgan fingerprint density at radius 1 is 1.28 bits per heavy atom. The Hall–Kier alpha value is -3.62. The van der Waals surface area contributed by atoms with Crippen molar-refractivity contribution in [3.05, 3.63) is 60.3 Å². The molecule has 0 saturated heterocycles. The Labute approximate surface area is 142 Å². The molecule has 4 aromatic rings. The number of carbonyl (C=O) groups is 1. The molecule has 1 N–H and O–H groups in total. The molecule has 0 aliphatic rings. The molecule has 25 heavy (non-hydrogen) atoms. The van der Waals surface area contributed by atoms with Crippen LogP contribution in [0.1, 0.15) is 15.9 Å². The second-order valence-corrected chi connectivity index (χ2v) is 5.56. The zero-order chi connectivity index (χ0) is 17.2. The van der Waals surface area contributed by atoms with Crippen LogP contribution in [-0.2, 0) is 6.54 Å². The van der Waals surface area contributed by atoms with E-state index in [0.717, 1.165) is 16.3 Å². The minimum absolute atomic E-state index is 0.176. The third-order valence-electron chi connectivity index (χ3n) is 3.95. The summed E-state index contributed by atoms with van der Waals surface area (Å²) in [7, 11) is 1.75. The van der Waals surface area contributed by atoms with Gasteiger partial charge in [0.05, 0.1) is 6.20 Å². The van der Waals surface area contributed by atoms with E-state index in [1.165, 1.54) is 17.2 Å². The molecule has 0 aliphatic heterocycles. The first-order valence-electron chi connectivity index (χ1n) is 7.58. The summed E-state index contributed by atoms with van der Waals surface area (Å²) in [5.74, 6) is 0.259. The van der Waals surface area contributed by atoms with E-state index in [4.69, 9.17) is 0 Å². The number of carbonyl (C=O) groups excluding carboxylic acids is 1. The molecule has 9 heteroatoms. The number of pyridine rings is 1. The van der Waals surface area contributed by atoms with Gasteiger partial charge in [-0.25, -0.2) is 0 Å². The largest absolute Gasteiger partial charge is 0.337 e. The fourth-order valence-corrected chi connectivity index (χ4v) is 2.73. The zero-order valence-electron chi connectivity index (χ0n) is 13.4. The number of rotatable bonds is 4. The quantitative estimate of drug-likeness (QED) is 0.601. The second-order valence-electron chi connectivity index (χ2n) is 5.56. The standard InChI is InChI=1S/C16H14N8O/c1-23(9-12-4-2-3-11-7-17-6-5-13(11)12)16(25)14-8-18-20-15(14)24-10-19-21-22-24/h2-8,10H,9H2,1H3,(H,18,20). The smallest absolute Gasteiger partial charge is 0.259 e.